The number of nitrogens with one attached hydrogen (secondary N) is 1. The van der Waals surface area contributed by atoms with Crippen LogP contribution in [0.3, 0.4) is 0 Å². The summed E-state index contributed by atoms with van der Waals surface area (Å²) in [4.78, 5) is 17.9. The van der Waals surface area contributed by atoms with Crippen LogP contribution in [0.4, 0.5) is 5.69 Å². The SMILES string of the molecule is C=CCNc1c(C(=O)N2CC[C@H](C)N(Cc3ccccc3)CC2)nnc2ccccc12. The summed E-state index contributed by atoms with van der Waals surface area (Å²) in [5, 5.41) is 12.8. The summed E-state index contributed by atoms with van der Waals surface area (Å²) in [5.74, 6) is -0.0708. The van der Waals surface area contributed by atoms with Crippen LogP contribution in [-0.4, -0.2) is 58.1 Å². The standard InChI is InChI=1S/C25H29N5O/c1-3-14-26-23-21-11-7-8-12-22(21)27-28-24(23)25(31)29-15-13-19(2)30(17-16-29)18-20-9-5-4-6-10-20/h3-12,19H,1,13-18H2,2H3,(H,26,27)/t19-/m0/s1. The minimum absolute atomic E-state index is 0.0708. The molecule has 6 heteroatoms. The fourth-order valence-corrected chi connectivity index (χ4v) is 4.07. The maximum absolute atomic E-state index is 13.5. The van der Waals surface area contributed by atoms with Gasteiger partial charge in [-0.05, 0) is 25.0 Å². The lowest BCUT2D eigenvalue weighted by Crippen LogP contribution is -2.36. The van der Waals surface area contributed by atoms with E-state index >= 15 is 0 Å². The molecule has 3 aromatic rings. The first-order valence-corrected chi connectivity index (χ1v) is 10.8. The summed E-state index contributed by atoms with van der Waals surface area (Å²) in [5.41, 5.74) is 3.17. The second-order valence-corrected chi connectivity index (χ2v) is 8.00. The van der Waals surface area contributed by atoms with E-state index in [-0.39, 0.29) is 5.91 Å². The Bertz CT molecular complexity index is 1050. The highest BCUT2D eigenvalue weighted by molar-refractivity contribution is 6.05. The Labute approximate surface area is 183 Å². The zero-order chi connectivity index (χ0) is 21.6. The first-order valence-electron chi connectivity index (χ1n) is 10.8. The van der Waals surface area contributed by atoms with E-state index in [9.17, 15) is 4.79 Å². The van der Waals surface area contributed by atoms with Crippen LogP contribution in [0.15, 0.2) is 67.3 Å². The molecule has 0 unspecified atom stereocenters. The average Bonchev–Trinajstić information content (AvgIpc) is 2.99. The zero-order valence-corrected chi connectivity index (χ0v) is 18.0. The van der Waals surface area contributed by atoms with Gasteiger partial charge in [-0.1, -0.05) is 54.6 Å². The van der Waals surface area contributed by atoms with Crippen LogP contribution >= 0.6 is 0 Å². The number of anilines is 1. The van der Waals surface area contributed by atoms with Crippen molar-refractivity contribution in [2.45, 2.75) is 25.9 Å². The van der Waals surface area contributed by atoms with E-state index in [1.807, 2.05) is 35.2 Å². The number of benzene rings is 2. The molecule has 0 radical (unpaired) electrons. The molecule has 31 heavy (non-hydrogen) atoms. The third-order valence-electron chi connectivity index (χ3n) is 5.91. The minimum Gasteiger partial charge on any atom is -0.379 e. The predicted octanol–water partition coefficient (Wildman–Crippen LogP) is 3.96. The number of carbonyl (C=O) groups excluding carboxylic acids is 1. The molecule has 1 N–H and O–H groups in total. The third-order valence-corrected chi connectivity index (χ3v) is 5.91. The number of aromatic nitrogens is 2. The number of nitrogens with zero attached hydrogens (tertiary/aromatic N) is 4. The first kappa shape index (κ1) is 21.0. The van der Waals surface area contributed by atoms with Crippen LogP contribution < -0.4 is 5.32 Å². The Kier molecular flexibility index (Phi) is 6.57. The second-order valence-electron chi connectivity index (χ2n) is 8.00. The lowest BCUT2D eigenvalue weighted by Gasteiger charge is -2.26. The predicted molar refractivity (Wildman–Crippen MR) is 125 cm³/mol. The third kappa shape index (κ3) is 4.75. The number of rotatable bonds is 6. The van der Waals surface area contributed by atoms with Crippen molar-refractivity contribution in [2.24, 2.45) is 0 Å². The first-order chi connectivity index (χ1) is 15.2. The topological polar surface area (TPSA) is 61.4 Å². The maximum Gasteiger partial charge on any atom is 0.276 e. The summed E-state index contributed by atoms with van der Waals surface area (Å²) in [6.45, 7) is 9.68. The molecular formula is C25H29N5O. The molecule has 1 amide bonds. The molecule has 0 spiro atoms. The Morgan fingerprint density at radius 2 is 1.87 bits per heavy atom. The van der Waals surface area contributed by atoms with Gasteiger partial charge in [-0.3, -0.25) is 9.69 Å². The summed E-state index contributed by atoms with van der Waals surface area (Å²) in [6, 6.07) is 18.7. The van der Waals surface area contributed by atoms with Gasteiger partial charge in [0.25, 0.3) is 5.91 Å². The summed E-state index contributed by atoms with van der Waals surface area (Å²) >= 11 is 0. The molecule has 1 aromatic heterocycles. The van der Waals surface area contributed by atoms with Crippen LogP contribution in [0.5, 0.6) is 0 Å². The largest absolute Gasteiger partial charge is 0.379 e. The van der Waals surface area contributed by atoms with Gasteiger partial charge in [0.15, 0.2) is 5.69 Å². The molecular weight excluding hydrogens is 386 g/mol. The molecule has 1 fully saturated rings. The van der Waals surface area contributed by atoms with Crippen molar-refractivity contribution in [2.75, 3.05) is 31.5 Å². The van der Waals surface area contributed by atoms with E-state index in [0.29, 0.717) is 31.4 Å². The lowest BCUT2D eigenvalue weighted by molar-refractivity contribution is 0.0755. The van der Waals surface area contributed by atoms with Crippen molar-refractivity contribution in [1.82, 2.24) is 20.0 Å². The van der Waals surface area contributed by atoms with Gasteiger partial charge in [0.2, 0.25) is 0 Å². The Morgan fingerprint density at radius 3 is 2.68 bits per heavy atom. The molecule has 2 aromatic carbocycles. The van der Waals surface area contributed by atoms with Crippen molar-refractivity contribution in [1.29, 1.82) is 0 Å². The van der Waals surface area contributed by atoms with Gasteiger partial charge in [-0.2, -0.15) is 0 Å². The van der Waals surface area contributed by atoms with E-state index in [2.05, 4.69) is 58.2 Å². The molecule has 1 atom stereocenters. The number of fused-ring (bicyclic) bond motifs is 1. The summed E-state index contributed by atoms with van der Waals surface area (Å²) in [7, 11) is 0. The monoisotopic (exact) mass is 415 g/mol. The highest BCUT2D eigenvalue weighted by Crippen LogP contribution is 2.26. The van der Waals surface area contributed by atoms with Crippen molar-refractivity contribution in [3.05, 3.63) is 78.5 Å². The van der Waals surface area contributed by atoms with Gasteiger partial charge in [0.05, 0.1) is 11.2 Å². The Morgan fingerprint density at radius 1 is 1.10 bits per heavy atom. The highest BCUT2D eigenvalue weighted by Gasteiger charge is 2.27. The average molecular weight is 416 g/mol. The molecule has 2 heterocycles. The quantitative estimate of drug-likeness (QED) is 0.618. The van der Waals surface area contributed by atoms with Crippen LogP contribution in [0.2, 0.25) is 0 Å². The van der Waals surface area contributed by atoms with E-state index in [1.165, 1.54) is 5.56 Å². The molecule has 4 rings (SSSR count). The number of hydrogen-bond acceptors (Lipinski definition) is 5. The van der Waals surface area contributed by atoms with Gasteiger partial charge in [0.1, 0.15) is 0 Å². The van der Waals surface area contributed by atoms with Gasteiger partial charge >= 0.3 is 0 Å². The fraction of sp³-hybridized carbons (Fsp3) is 0.320. The molecule has 0 bridgehead atoms. The summed E-state index contributed by atoms with van der Waals surface area (Å²) < 4.78 is 0. The number of amides is 1. The number of hydrogen-bond donors (Lipinski definition) is 1. The van der Waals surface area contributed by atoms with Crippen molar-refractivity contribution < 1.29 is 4.79 Å². The highest BCUT2D eigenvalue weighted by atomic mass is 16.2. The minimum atomic E-state index is -0.0708. The zero-order valence-electron chi connectivity index (χ0n) is 18.0. The second kappa shape index (κ2) is 9.71. The molecule has 1 saturated heterocycles. The molecule has 1 aliphatic heterocycles. The lowest BCUT2D eigenvalue weighted by atomic mass is 10.1. The smallest absolute Gasteiger partial charge is 0.276 e. The normalized spacial score (nSPS) is 17.3. The van der Waals surface area contributed by atoms with Gasteiger partial charge in [0, 0.05) is 44.2 Å². The Balaban J connectivity index is 1.55. The van der Waals surface area contributed by atoms with Gasteiger partial charge in [-0.15, -0.1) is 16.8 Å². The molecule has 1 aliphatic rings. The number of carbonyl (C=O) groups is 1. The molecule has 0 saturated carbocycles. The van der Waals surface area contributed by atoms with E-state index in [4.69, 9.17) is 0 Å². The van der Waals surface area contributed by atoms with E-state index < -0.39 is 0 Å². The van der Waals surface area contributed by atoms with E-state index in [0.717, 1.165) is 36.1 Å². The molecule has 0 aliphatic carbocycles. The fourth-order valence-electron chi connectivity index (χ4n) is 4.07. The Hall–Kier alpha value is -3.25. The van der Waals surface area contributed by atoms with Crippen LogP contribution in [-0.2, 0) is 6.54 Å². The van der Waals surface area contributed by atoms with Crippen LogP contribution in [0.25, 0.3) is 10.9 Å². The molecule has 6 nitrogen and oxygen atoms in total. The van der Waals surface area contributed by atoms with Crippen molar-refractivity contribution in [3.63, 3.8) is 0 Å². The molecule has 160 valence electrons. The van der Waals surface area contributed by atoms with Crippen LogP contribution in [0, 0.1) is 0 Å². The summed E-state index contributed by atoms with van der Waals surface area (Å²) in [6.07, 6.45) is 2.70. The van der Waals surface area contributed by atoms with Gasteiger partial charge < -0.3 is 10.2 Å². The van der Waals surface area contributed by atoms with Crippen molar-refractivity contribution in [3.8, 4) is 0 Å². The maximum atomic E-state index is 13.5. The van der Waals surface area contributed by atoms with Gasteiger partial charge in [-0.25, -0.2) is 0 Å². The van der Waals surface area contributed by atoms with E-state index in [1.54, 1.807) is 6.08 Å². The van der Waals surface area contributed by atoms with Crippen molar-refractivity contribution >= 4 is 22.5 Å². The van der Waals surface area contributed by atoms with Crippen LogP contribution in [0.1, 0.15) is 29.4 Å².